The number of hydrogen-bond acceptors (Lipinski definition) is 4. The molecule has 0 radical (unpaired) electrons. The standard InChI is InChI=1S/C12H21N3O3.ClH/c1-15-6-2-3-9(12(15)17)14-11(16)10-5-4-8(7-13)18-10;/h8-10H,2-7,13H2,1H3,(H,14,16);1H/t8-,9?,10+;/m1./s1. The molecule has 2 aliphatic heterocycles. The van der Waals surface area contributed by atoms with E-state index < -0.39 is 12.1 Å². The van der Waals surface area contributed by atoms with Crippen LogP contribution >= 0.6 is 12.4 Å². The van der Waals surface area contributed by atoms with E-state index in [-0.39, 0.29) is 30.3 Å². The van der Waals surface area contributed by atoms with Gasteiger partial charge >= 0.3 is 0 Å². The molecule has 0 saturated carbocycles. The first-order valence-corrected chi connectivity index (χ1v) is 6.52. The number of likely N-dealkylation sites (N-methyl/N-ethyl adjacent to an activating group) is 1. The van der Waals surface area contributed by atoms with Gasteiger partial charge in [0.05, 0.1) is 6.10 Å². The van der Waals surface area contributed by atoms with Gasteiger partial charge in [-0.15, -0.1) is 12.4 Å². The number of carbonyl (C=O) groups is 2. The molecule has 2 aliphatic rings. The molecule has 3 atom stereocenters. The highest BCUT2D eigenvalue weighted by molar-refractivity contribution is 5.89. The Morgan fingerprint density at radius 3 is 2.84 bits per heavy atom. The van der Waals surface area contributed by atoms with Gasteiger partial charge in [0.25, 0.3) is 0 Å². The molecule has 0 aromatic heterocycles. The Hall–Kier alpha value is -0.850. The Balaban J connectivity index is 0.00000180. The summed E-state index contributed by atoms with van der Waals surface area (Å²) in [4.78, 5) is 25.5. The van der Waals surface area contributed by atoms with Crippen molar-refractivity contribution in [2.24, 2.45) is 5.73 Å². The minimum atomic E-state index is -0.446. The van der Waals surface area contributed by atoms with Crippen molar-refractivity contribution in [3.8, 4) is 0 Å². The van der Waals surface area contributed by atoms with Crippen molar-refractivity contribution in [2.75, 3.05) is 20.1 Å². The predicted molar refractivity (Wildman–Crippen MR) is 73.0 cm³/mol. The van der Waals surface area contributed by atoms with Crippen LogP contribution in [0.3, 0.4) is 0 Å². The number of carbonyl (C=O) groups excluding carboxylic acids is 2. The summed E-state index contributed by atoms with van der Waals surface area (Å²) in [5.74, 6) is -0.192. The van der Waals surface area contributed by atoms with Gasteiger partial charge in [-0.2, -0.15) is 0 Å². The van der Waals surface area contributed by atoms with E-state index in [0.717, 1.165) is 19.4 Å². The minimum absolute atomic E-state index is 0. The fraction of sp³-hybridized carbons (Fsp3) is 0.833. The van der Waals surface area contributed by atoms with Crippen LogP contribution in [0.25, 0.3) is 0 Å². The van der Waals surface area contributed by atoms with Gasteiger partial charge in [-0.3, -0.25) is 9.59 Å². The summed E-state index contributed by atoms with van der Waals surface area (Å²) in [5, 5.41) is 2.79. The molecule has 2 amide bonds. The van der Waals surface area contributed by atoms with Crippen LogP contribution in [0.1, 0.15) is 25.7 Å². The van der Waals surface area contributed by atoms with Crippen LogP contribution in [0.15, 0.2) is 0 Å². The first kappa shape index (κ1) is 16.2. The quantitative estimate of drug-likeness (QED) is 0.744. The van der Waals surface area contributed by atoms with Crippen molar-refractivity contribution in [1.82, 2.24) is 10.2 Å². The average Bonchev–Trinajstić information content (AvgIpc) is 2.83. The first-order valence-electron chi connectivity index (χ1n) is 6.52. The van der Waals surface area contributed by atoms with Crippen molar-refractivity contribution >= 4 is 24.2 Å². The summed E-state index contributed by atoms with van der Waals surface area (Å²) in [5.41, 5.74) is 5.50. The maximum atomic E-state index is 12.0. The first-order chi connectivity index (χ1) is 8.61. The second kappa shape index (κ2) is 7.07. The van der Waals surface area contributed by atoms with Crippen LogP contribution in [-0.4, -0.2) is 55.1 Å². The van der Waals surface area contributed by atoms with Crippen LogP contribution in [0.4, 0.5) is 0 Å². The molecule has 7 heteroatoms. The van der Waals surface area contributed by atoms with E-state index >= 15 is 0 Å². The molecule has 0 spiro atoms. The topological polar surface area (TPSA) is 84.7 Å². The summed E-state index contributed by atoms with van der Waals surface area (Å²) in [6.07, 6.45) is 2.66. The van der Waals surface area contributed by atoms with Crippen molar-refractivity contribution in [1.29, 1.82) is 0 Å². The van der Waals surface area contributed by atoms with Gasteiger partial charge in [-0.05, 0) is 25.7 Å². The van der Waals surface area contributed by atoms with E-state index in [9.17, 15) is 9.59 Å². The Morgan fingerprint density at radius 1 is 1.47 bits per heavy atom. The van der Waals surface area contributed by atoms with Gasteiger partial charge in [-0.1, -0.05) is 0 Å². The lowest BCUT2D eigenvalue weighted by molar-refractivity contribution is -0.141. The molecule has 0 bridgehead atoms. The zero-order valence-electron chi connectivity index (χ0n) is 11.1. The molecule has 0 aromatic carbocycles. The summed E-state index contributed by atoms with van der Waals surface area (Å²) in [7, 11) is 1.76. The molecule has 110 valence electrons. The van der Waals surface area contributed by atoms with Gasteiger partial charge < -0.3 is 20.7 Å². The molecule has 6 nitrogen and oxygen atoms in total. The van der Waals surface area contributed by atoms with Gasteiger partial charge in [0.2, 0.25) is 11.8 Å². The second-order valence-corrected chi connectivity index (χ2v) is 5.02. The smallest absolute Gasteiger partial charge is 0.249 e. The lowest BCUT2D eigenvalue weighted by atomic mass is 10.0. The van der Waals surface area contributed by atoms with E-state index in [2.05, 4.69) is 5.32 Å². The molecular formula is C12H22ClN3O3. The van der Waals surface area contributed by atoms with Crippen molar-refractivity contribution in [3.05, 3.63) is 0 Å². The molecule has 3 N–H and O–H groups in total. The minimum Gasteiger partial charge on any atom is -0.364 e. The lowest BCUT2D eigenvalue weighted by Crippen LogP contribution is -2.52. The number of nitrogens with one attached hydrogen (secondary N) is 1. The van der Waals surface area contributed by atoms with Gasteiger partial charge in [0, 0.05) is 20.1 Å². The molecular weight excluding hydrogens is 270 g/mol. The number of ether oxygens (including phenoxy) is 1. The number of hydrogen-bond donors (Lipinski definition) is 2. The van der Waals surface area contributed by atoms with Crippen LogP contribution in [-0.2, 0) is 14.3 Å². The second-order valence-electron chi connectivity index (χ2n) is 5.02. The Labute approximate surface area is 119 Å². The van der Waals surface area contributed by atoms with E-state index in [4.69, 9.17) is 10.5 Å². The maximum absolute atomic E-state index is 12.0. The van der Waals surface area contributed by atoms with Crippen LogP contribution in [0.2, 0.25) is 0 Å². The SMILES string of the molecule is CN1CCCC(NC(=O)[C@@H]2CC[C@H](CN)O2)C1=O.Cl. The normalized spacial score (nSPS) is 30.9. The predicted octanol–water partition coefficient (Wildman–Crippen LogP) is -0.348. The Kier molecular flexibility index (Phi) is 6.03. The molecule has 2 fully saturated rings. The number of piperidine rings is 1. The largest absolute Gasteiger partial charge is 0.364 e. The van der Waals surface area contributed by atoms with E-state index in [1.54, 1.807) is 11.9 Å². The molecule has 19 heavy (non-hydrogen) atoms. The third-order valence-electron chi connectivity index (χ3n) is 3.64. The maximum Gasteiger partial charge on any atom is 0.249 e. The zero-order valence-corrected chi connectivity index (χ0v) is 11.9. The number of likely N-dealkylation sites (tertiary alicyclic amines) is 1. The van der Waals surface area contributed by atoms with Crippen molar-refractivity contribution in [3.63, 3.8) is 0 Å². The molecule has 2 heterocycles. The molecule has 2 rings (SSSR count). The number of amides is 2. The van der Waals surface area contributed by atoms with E-state index in [1.807, 2.05) is 0 Å². The zero-order chi connectivity index (χ0) is 13.1. The van der Waals surface area contributed by atoms with E-state index in [0.29, 0.717) is 19.4 Å². The monoisotopic (exact) mass is 291 g/mol. The summed E-state index contributed by atoms with van der Waals surface area (Å²) in [6.45, 7) is 1.20. The Bertz CT molecular complexity index is 340. The highest BCUT2D eigenvalue weighted by Crippen LogP contribution is 2.19. The van der Waals surface area contributed by atoms with Crippen molar-refractivity contribution in [2.45, 2.75) is 43.9 Å². The number of halogens is 1. The Morgan fingerprint density at radius 2 is 2.21 bits per heavy atom. The van der Waals surface area contributed by atoms with E-state index in [1.165, 1.54) is 0 Å². The highest BCUT2D eigenvalue weighted by atomic mass is 35.5. The number of nitrogens with two attached hydrogens (primary N) is 1. The molecule has 0 aliphatic carbocycles. The summed E-state index contributed by atoms with van der Waals surface area (Å²) < 4.78 is 5.51. The van der Waals surface area contributed by atoms with Gasteiger partial charge in [0.15, 0.2) is 0 Å². The third kappa shape index (κ3) is 3.81. The van der Waals surface area contributed by atoms with Gasteiger partial charge in [0.1, 0.15) is 12.1 Å². The third-order valence-corrected chi connectivity index (χ3v) is 3.64. The summed E-state index contributed by atoms with van der Waals surface area (Å²) in [6, 6.07) is -0.392. The van der Waals surface area contributed by atoms with Crippen LogP contribution < -0.4 is 11.1 Å². The molecule has 1 unspecified atom stereocenters. The van der Waals surface area contributed by atoms with Crippen LogP contribution in [0, 0.1) is 0 Å². The number of nitrogens with zero attached hydrogens (tertiary/aromatic N) is 1. The fourth-order valence-corrected chi connectivity index (χ4v) is 2.50. The van der Waals surface area contributed by atoms with Crippen LogP contribution in [0.5, 0.6) is 0 Å². The number of rotatable bonds is 3. The average molecular weight is 292 g/mol. The molecule has 2 saturated heterocycles. The fourth-order valence-electron chi connectivity index (χ4n) is 2.50. The van der Waals surface area contributed by atoms with Gasteiger partial charge in [-0.25, -0.2) is 0 Å². The highest BCUT2D eigenvalue weighted by Gasteiger charge is 2.34. The lowest BCUT2D eigenvalue weighted by Gasteiger charge is -2.30. The molecule has 0 aromatic rings. The van der Waals surface area contributed by atoms with Crippen molar-refractivity contribution < 1.29 is 14.3 Å². The summed E-state index contributed by atoms with van der Waals surface area (Å²) >= 11 is 0.